The molecule has 1 fully saturated rings. The smallest absolute Gasteiger partial charge is 0.410 e. The van der Waals surface area contributed by atoms with E-state index in [-0.39, 0.29) is 24.7 Å². The van der Waals surface area contributed by atoms with Gasteiger partial charge in [0.25, 0.3) is 0 Å². The summed E-state index contributed by atoms with van der Waals surface area (Å²) in [4.78, 5) is 26.7. The van der Waals surface area contributed by atoms with Crippen molar-refractivity contribution >= 4 is 23.8 Å². The summed E-state index contributed by atoms with van der Waals surface area (Å²) in [6.07, 6.45) is 0.713. The highest BCUT2D eigenvalue weighted by Crippen LogP contribution is 2.32. The predicted octanol–water partition coefficient (Wildman–Crippen LogP) is 5.95. The van der Waals surface area contributed by atoms with Crippen molar-refractivity contribution in [2.75, 3.05) is 13.1 Å². The molecule has 32 heavy (non-hydrogen) atoms. The molecule has 6 nitrogen and oxygen atoms in total. The van der Waals surface area contributed by atoms with Gasteiger partial charge in [-0.15, -0.1) is 0 Å². The van der Waals surface area contributed by atoms with Crippen LogP contribution in [0.25, 0.3) is 0 Å². The Balaban J connectivity index is 1.60. The van der Waals surface area contributed by atoms with Crippen molar-refractivity contribution in [3.8, 4) is 0 Å². The molecule has 2 amide bonds. The lowest BCUT2D eigenvalue weighted by Crippen LogP contribution is -2.44. The molecule has 0 bridgehead atoms. The van der Waals surface area contributed by atoms with Crippen LogP contribution in [-0.4, -0.2) is 35.8 Å². The zero-order valence-corrected chi connectivity index (χ0v) is 19.6. The lowest BCUT2D eigenvalue weighted by atomic mass is 9.85. The van der Waals surface area contributed by atoms with Crippen LogP contribution in [0.2, 0.25) is 5.02 Å². The maximum atomic E-state index is 12.5. The second-order valence-electron chi connectivity index (χ2n) is 9.04. The molecule has 1 unspecified atom stereocenters. The highest BCUT2D eigenvalue weighted by atomic mass is 35.5. The zero-order valence-electron chi connectivity index (χ0n) is 18.8. The van der Waals surface area contributed by atoms with Crippen LogP contribution in [0.3, 0.4) is 0 Å². The zero-order chi connectivity index (χ0) is 23.1. The second-order valence-corrected chi connectivity index (χ2v) is 9.48. The summed E-state index contributed by atoms with van der Waals surface area (Å²) < 4.78 is 10.9. The van der Waals surface area contributed by atoms with Gasteiger partial charge in [-0.1, -0.05) is 54.1 Å². The van der Waals surface area contributed by atoms with Gasteiger partial charge >= 0.3 is 12.2 Å². The Morgan fingerprint density at radius 3 is 2.28 bits per heavy atom. The number of likely N-dealkylation sites (tertiary alicyclic amines) is 1. The molecule has 0 saturated carbocycles. The van der Waals surface area contributed by atoms with Crippen molar-refractivity contribution in [3.05, 3.63) is 70.7 Å². The molecule has 1 aliphatic rings. The number of carbonyl (C=O) groups excluding carboxylic acids is 2. The second kappa shape index (κ2) is 10.7. The van der Waals surface area contributed by atoms with E-state index in [9.17, 15) is 9.59 Å². The fourth-order valence-corrected chi connectivity index (χ4v) is 3.93. The van der Waals surface area contributed by atoms with Gasteiger partial charge in [0, 0.05) is 18.1 Å². The maximum absolute atomic E-state index is 12.5. The quantitative estimate of drug-likeness (QED) is 0.600. The molecule has 0 spiro atoms. The summed E-state index contributed by atoms with van der Waals surface area (Å²) in [5, 5.41) is 3.67. The third-order valence-corrected chi connectivity index (χ3v) is 5.63. The van der Waals surface area contributed by atoms with Crippen molar-refractivity contribution in [2.24, 2.45) is 5.92 Å². The van der Waals surface area contributed by atoms with E-state index in [1.807, 2.05) is 75.4 Å². The van der Waals surface area contributed by atoms with E-state index in [4.69, 9.17) is 21.1 Å². The van der Waals surface area contributed by atoms with Crippen LogP contribution in [0.1, 0.15) is 50.8 Å². The Bertz CT molecular complexity index is 888. The minimum atomic E-state index is -0.583. The fourth-order valence-electron chi connectivity index (χ4n) is 3.80. The molecule has 7 heteroatoms. The lowest BCUT2D eigenvalue weighted by molar-refractivity contribution is 0.0449. The number of amides is 2. The van der Waals surface area contributed by atoms with Gasteiger partial charge in [0.15, 0.2) is 0 Å². The molecule has 0 aromatic heterocycles. The topological polar surface area (TPSA) is 67.9 Å². The predicted molar refractivity (Wildman–Crippen MR) is 124 cm³/mol. The number of ether oxygens (including phenoxy) is 2. The Kier molecular flexibility index (Phi) is 8.02. The van der Waals surface area contributed by atoms with E-state index in [1.54, 1.807) is 4.90 Å². The third-order valence-electron chi connectivity index (χ3n) is 5.38. The van der Waals surface area contributed by atoms with E-state index in [2.05, 4.69) is 5.32 Å². The van der Waals surface area contributed by atoms with E-state index >= 15 is 0 Å². The van der Waals surface area contributed by atoms with Gasteiger partial charge in [0.05, 0.1) is 6.04 Å². The van der Waals surface area contributed by atoms with Crippen molar-refractivity contribution < 1.29 is 19.1 Å². The molecule has 3 rings (SSSR count). The molecular weight excluding hydrogens is 428 g/mol. The number of nitrogens with one attached hydrogen (secondary N) is 1. The van der Waals surface area contributed by atoms with E-state index in [0.717, 1.165) is 24.0 Å². The number of carbonyl (C=O) groups is 2. The van der Waals surface area contributed by atoms with Crippen molar-refractivity contribution in [3.63, 3.8) is 0 Å². The van der Waals surface area contributed by atoms with Crippen LogP contribution in [-0.2, 0) is 16.1 Å². The number of halogens is 1. The van der Waals surface area contributed by atoms with E-state index in [0.29, 0.717) is 18.1 Å². The molecular formula is C25H31ClN2O4. The maximum Gasteiger partial charge on any atom is 0.410 e. The van der Waals surface area contributed by atoms with Gasteiger partial charge in [0.1, 0.15) is 12.2 Å². The van der Waals surface area contributed by atoms with Gasteiger partial charge in [-0.3, -0.25) is 0 Å². The summed E-state index contributed by atoms with van der Waals surface area (Å²) in [6, 6.07) is 16.9. The Morgan fingerprint density at radius 2 is 1.69 bits per heavy atom. The average molecular weight is 459 g/mol. The van der Waals surface area contributed by atoms with Crippen molar-refractivity contribution in [1.29, 1.82) is 0 Å². The SMILES string of the molecule is CC(C)(C)OC(=O)NC(c1ccc(Cl)cc1)C1CCN(C(=O)OCc2ccccc2)CC1. The molecule has 1 aliphatic heterocycles. The van der Waals surface area contributed by atoms with Gasteiger partial charge in [-0.2, -0.15) is 0 Å². The summed E-state index contributed by atoms with van der Waals surface area (Å²) in [5.74, 6) is 0.155. The monoisotopic (exact) mass is 458 g/mol. The third kappa shape index (κ3) is 7.16. The van der Waals surface area contributed by atoms with Crippen LogP contribution in [0.4, 0.5) is 9.59 Å². The first kappa shape index (κ1) is 23.9. The summed E-state index contributed by atoms with van der Waals surface area (Å²) in [7, 11) is 0. The van der Waals surface area contributed by atoms with E-state index in [1.165, 1.54) is 0 Å². The van der Waals surface area contributed by atoms with Crippen LogP contribution in [0, 0.1) is 5.92 Å². The van der Waals surface area contributed by atoms with E-state index < -0.39 is 11.7 Å². The summed E-state index contributed by atoms with van der Waals surface area (Å²) in [6.45, 7) is 6.90. The molecule has 2 aromatic rings. The number of piperidine rings is 1. The summed E-state index contributed by atoms with van der Waals surface area (Å²) in [5.41, 5.74) is 1.34. The fraction of sp³-hybridized carbons (Fsp3) is 0.440. The van der Waals surface area contributed by atoms with Crippen LogP contribution < -0.4 is 5.32 Å². The van der Waals surface area contributed by atoms with Crippen LogP contribution >= 0.6 is 11.6 Å². The first-order valence-corrected chi connectivity index (χ1v) is 11.3. The van der Waals surface area contributed by atoms with Crippen LogP contribution in [0.5, 0.6) is 0 Å². The Hall–Kier alpha value is -2.73. The van der Waals surface area contributed by atoms with Gasteiger partial charge in [-0.25, -0.2) is 9.59 Å². The standard InChI is InChI=1S/C25H31ClN2O4/c1-25(2,3)32-23(29)27-22(19-9-11-21(26)12-10-19)20-13-15-28(16-14-20)24(30)31-17-18-7-5-4-6-8-18/h4-12,20,22H,13-17H2,1-3H3,(H,27,29). The highest BCUT2D eigenvalue weighted by Gasteiger charge is 2.32. The van der Waals surface area contributed by atoms with Gasteiger partial charge < -0.3 is 19.7 Å². The molecule has 1 saturated heterocycles. The van der Waals surface area contributed by atoms with Gasteiger partial charge in [0.2, 0.25) is 0 Å². The molecule has 172 valence electrons. The largest absolute Gasteiger partial charge is 0.445 e. The molecule has 0 aliphatic carbocycles. The minimum absolute atomic E-state index is 0.155. The normalized spacial score (nSPS) is 15.7. The van der Waals surface area contributed by atoms with Crippen LogP contribution in [0.15, 0.2) is 54.6 Å². The first-order chi connectivity index (χ1) is 15.2. The number of hydrogen-bond donors (Lipinski definition) is 1. The molecule has 2 aromatic carbocycles. The number of rotatable bonds is 5. The molecule has 1 heterocycles. The summed E-state index contributed by atoms with van der Waals surface area (Å²) >= 11 is 6.05. The number of nitrogens with zero attached hydrogens (tertiary/aromatic N) is 1. The number of hydrogen-bond acceptors (Lipinski definition) is 4. The highest BCUT2D eigenvalue weighted by molar-refractivity contribution is 6.30. The van der Waals surface area contributed by atoms with Gasteiger partial charge in [-0.05, 0) is 62.8 Å². The average Bonchev–Trinajstić information content (AvgIpc) is 2.76. The number of alkyl carbamates (subject to hydrolysis) is 1. The minimum Gasteiger partial charge on any atom is -0.445 e. The first-order valence-electron chi connectivity index (χ1n) is 10.9. The Labute approximate surface area is 194 Å². The molecule has 1 atom stereocenters. The Morgan fingerprint density at radius 1 is 1.06 bits per heavy atom. The number of benzene rings is 2. The molecule has 0 radical (unpaired) electrons. The van der Waals surface area contributed by atoms with Crippen molar-refractivity contribution in [1.82, 2.24) is 10.2 Å². The van der Waals surface area contributed by atoms with Crippen molar-refractivity contribution in [2.45, 2.75) is 51.9 Å². The lowest BCUT2D eigenvalue weighted by Gasteiger charge is -2.36. The molecule has 1 N–H and O–H groups in total.